The molecule has 0 saturated heterocycles. The van der Waals surface area contributed by atoms with Gasteiger partial charge in [-0.3, -0.25) is 9.48 Å². The summed E-state index contributed by atoms with van der Waals surface area (Å²) in [5, 5.41) is 7.45. The first-order valence-electron chi connectivity index (χ1n) is 6.29. The van der Waals surface area contributed by atoms with Crippen molar-refractivity contribution in [3.8, 4) is 5.75 Å². The summed E-state index contributed by atoms with van der Waals surface area (Å²) in [5.41, 5.74) is 1.55. The van der Waals surface area contributed by atoms with Crippen LogP contribution in [0.15, 0.2) is 30.6 Å². The van der Waals surface area contributed by atoms with Gasteiger partial charge in [0, 0.05) is 17.8 Å². The minimum absolute atomic E-state index is 0.0558. The van der Waals surface area contributed by atoms with Crippen molar-refractivity contribution in [2.24, 2.45) is 0 Å². The number of aryl methyl sites for hydroxylation is 2. The number of hydrogen-bond acceptors (Lipinski definition) is 3. The van der Waals surface area contributed by atoms with Gasteiger partial charge in [0.1, 0.15) is 5.75 Å². The SMILES string of the molecule is CCn1cc(NC(=O)COc2ccc(Cl)cc2C)cn1. The van der Waals surface area contributed by atoms with Crippen LogP contribution < -0.4 is 10.1 Å². The van der Waals surface area contributed by atoms with E-state index in [1.54, 1.807) is 35.3 Å². The zero-order chi connectivity index (χ0) is 14.5. The molecule has 1 aromatic carbocycles. The number of nitrogens with one attached hydrogen (secondary N) is 1. The van der Waals surface area contributed by atoms with Gasteiger partial charge in [0.25, 0.3) is 5.91 Å². The second-order valence-electron chi connectivity index (χ2n) is 4.33. The van der Waals surface area contributed by atoms with Crippen molar-refractivity contribution in [2.45, 2.75) is 20.4 Å². The summed E-state index contributed by atoms with van der Waals surface area (Å²) in [5.74, 6) is 0.420. The minimum atomic E-state index is -0.227. The van der Waals surface area contributed by atoms with Crippen molar-refractivity contribution in [2.75, 3.05) is 11.9 Å². The second-order valence-corrected chi connectivity index (χ2v) is 4.77. The van der Waals surface area contributed by atoms with Crippen LogP contribution in [0.4, 0.5) is 5.69 Å². The summed E-state index contributed by atoms with van der Waals surface area (Å²) < 4.78 is 7.20. The van der Waals surface area contributed by atoms with E-state index < -0.39 is 0 Å². The molecule has 1 aromatic heterocycles. The molecule has 1 N–H and O–H groups in total. The van der Waals surface area contributed by atoms with E-state index >= 15 is 0 Å². The van der Waals surface area contributed by atoms with Crippen LogP contribution in [0, 0.1) is 6.92 Å². The highest BCUT2D eigenvalue weighted by atomic mass is 35.5. The molecule has 106 valence electrons. The highest BCUT2D eigenvalue weighted by molar-refractivity contribution is 6.30. The lowest BCUT2D eigenvalue weighted by Gasteiger charge is -2.09. The predicted octanol–water partition coefficient (Wildman–Crippen LogP) is 2.88. The topological polar surface area (TPSA) is 56.2 Å². The van der Waals surface area contributed by atoms with Crippen molar-refractivity contribution in [3.63, 3.8) is 0 Å². The standard InChI is InChI=1S/C14H16ClN3O2/c1-3-18-8-12(7-16-18)17-14(19)9-20-13-5-4-11(15)6-10(13)2/h4-8H,3,9H2,1-2H3,(H,17,19). The fourth-order valence-corrected chi connectivity index (χ4v) is 1.94. The van der Waals surface area contributed by atoms with Gasteiger partial charge in [-0.15, -0.1) is 0 Å². The summed E-state index contributed by atoms with van der Waals surface area (Å²) in [6, 6.07) is 5.27. The molecule has 0 radical (unpaired) electrons. The van der Waals surface area contributed by atoms with Gasteiger partial charge in [0.05, 0.1) is 11.9 Å². The number of hydrogen-bond donors (Lipinski definition) is 1. The fourth-order valence-electron chi connectivity index (χ4n) is 1.72. The Morgan fingerprint density at radius 3 is 2.95 bits per heavy atom. The average molecular weight is 294 g/mol. The normalized spacial score (nSPS) is 10.3. The lowest BCUT2D eigenvalue weighted by molar-refractivity contribution is -0.118. The van der Waals surface area contributed by atoms with Crippen molar-refractivity contribution >= 4 is 23.2 Å². The molecule has 0 fully saturated rings. The van der Waals surface area contributed by atoms with Crippen molar-refractivity contribution < 1.29 is 9.53 Å². The smallest absolute Gasteiger partial charge is 0.262 e. The Morgan fingerprint density at radius 2 is 2.30 bits per heavy atom. The molecule has 0 saturated carbocycles. The van der Waals surface area contributed by atoms with Gasteiger partial charge in [0.2, 0.25) is 0 Å². The van der Waals surface area contributed by atoms with Gasteiger partial charge in [-0.05, 0) is 37.6 Å². The summed E-state index contributed by atoms with van der Waals surface area (Å²) in [6.07, 6.45) is 3.38. The zero-order valence-corrected chi connectivity index (χ0v) is 12.1. The number of benzene rings is 1. The van der Waals surface area contributed by atoms with E-state index in [1.165, 1.54) is 0 Å². The van der Waals surface area contributed by atoms with Gasteiger partial charge < -0.3 is 10.1 Å². The van der Waals surface area contributed by atoms with Crippen LogP contribution >= 0.6 is 11.6 Å². The van der Waals surface area contributed by atoms with Gasteiger partial charge in [0.15, 0.2) is 6.61 Å². The van der Waals surface area contributed by atoms with Crippen molar-refractivity contribution in [3.05, 3.63) is 41.2 Å². The van der Waals surface area contributed by atoms with Gasteiger partial charge in [-0.1, -0.05) is 11.6 Å². The summed E-state index contributed by atoms with van der Waals surface area (Å²) in [4.78, 5) is 11.8. The number of anilines is 1. The zero-order valence-electron chi connectivity index (χ0n) is 11.4. The highest BCUT2D eigenvalue weighted by Crippen LogP contribution is 2.21. The molecule has 20 heavy (non-hydrogen) atoms. The summed E-state index contributed by atoms with van der Waals surface area (Å²) in [6.45, 7) is 4.56. The van der Waals surface area contributed by atoms with E-state index in [0.29, 0.717) is 16.5 Å². The van der Waals surface area contributed by atoms with Crippen LogP contribution in [0.1, 0.15) is 12.5 Å². The molecule has 0 bridgehead atoms. The Bertz CT molecular complexity index is 610. The molecule has 2 aromatic rings. The molecule has 0 unspecified atom stereocenters. The molecule has 2 rings (SSSR count). The van der Waals surface area contributed by atoms with E-state index in [1.807, 2.05) is 13.8 Å². The number of carbonyl (C=O) groups is 1. The summed E-state index contributed by atoms with van der Waals surface area (Å²) in [7, 11) is 0. The van der Waals surface area contributed by atoms with Crippen LogP contribution in [0.2, 0.25) is 5.02 Å². The summed E-state index contributed by atoms with van der Waals surface area (Å²) >= 11 is 5.86. The van der Waals surface area contributed by atoms with Crippen LogP contribution in [-0.4, -0.2) is 22.3 Å². The lowest BCUT2D eigenvalue weighted by atomic mass is 10.2. The van der Waals surface area contributed by atoms with Crippen molar-refractivity contribution in [1.82, 2.24) is 9.78 Å². The predicted molar refractivity (Wildman–Crippen MR) is 78.2 cm³/mol. The molecule has 1 amide bonds. The molecule has 0 aliphatic heterocycles. The molecule has 0 aliphatic carbocycles. The van der Waals surface area contributed by atoms with E-state index in [4.69, 9.17) is 16.3 Å². The molecule has 1 heterocycles. The second kappa shape index (κ2) is 6.43. The van der Waals surface area contributed by atoms with E-state index in [2.05, 4.69) is 10.4 Å². The number of halogens is 1. The van der Waals surface area contributed by atoms with E-state index in [9.17, 15) is 4.79 Å². The third kappa shape index (κ3) is 3.74. The van der Waals surface area contributed by atoms with Gasteiger partial charge in [-0.2, -0.15) is 5.10 Å². The first-order valence-corrected chi connectivity index (χ1v) is 6.67. The third-order valence-electron chi connectivity index (χ3n) is 2.74. The number of nitrogens with zero attached hydrogens (tertiary/aromatic N) is 2. The maximum absolute atomic E-state index is 11.8. The molecule has 6 heteroatoms. The quantitative estimate of drug-likeness (QED) is 0.922. The molecule has 0 atom stereocenters. The van der Waals surface area contributed by atoms with Crippen LogP contribution in [0.25, 0.3) is 0 Å². The molecular weight excluding hydrogens is 278 g/mol. The molecule has 0 aliphatic rings. The van der Waals surface area contributed by atoms with Gasteiger partial charge >= 0.3 is 0 Å². The van der Waals surface area contributed by atoms with E-state index in [0.717, 1.165) is 12.1 Å². The first-order chi connectivity index (χ1) is 9.58. The molecular formula is C14H16ClN3O2. The number of amides is 1. The van der Waals surface area contributed by atoms with E-state index in [-0.39, 0.29) is 12.5 Å². The number of rotatable bonds is 5. The minimum Gasteiger partial charge on any atom is -0.483 e. The van der Waals surface area contributed by atoms with Crippen LogP contribution in [-0.2, 0) is 11.3 Å². The monoisotopic (exact) mass is 293 g/mol. The number of carbonyl (C=O) groups excluding carboxylic acids is 1. The highest BCUT2D eigenvalue weighted by Gasteiger charge is 2.07. The maximum atomic E-state index is 11.8. The Morgan fingerprint density at radius 1 is 1.50 bits per heavy atom. The van der Waals surface area contributed by atoms with Crippen LogP contribution in [0.5, 0.6) is 5.75 Å². The van der Waals surface area contributed by atoms with Crippen LogP contribution in [0.3, 0.4) is 0 Å². The molecule has 5 nitrogen and oxygen atoms in total. The largest absolute Gasteiger partial charge is 0.483 e. The van der Waals surface area contributed by atoms with Gasteiger partial charge in [-0.25, -0.2) is 0 Å². The van der Waals surface area contributed by atoms with Crippen molar-refractivity contribution in [1.29, 1.82) is 0 Å². The lowest BCUT2D eigenvalue weighted by Crippen LogP contribution is -2.20. The Balaban J connectivity index is 1.88. The fraction of sp³-hybridized carbons (Fsp3) is 0.286. The Hall–Kier alpha value is -2.01. The average Bonchev–Trinajstić information content (AvgIpc) is 2.85. The molecule has 0 spiro atoms. The number of ether oxygens (including phenoxy) is 1. The first kappa shape index (κ1) is 14.4. The Kier molecular flexibility index (Phi) is 4.63. The maximum Gasteiger partial charge on any atom is 0.262 e. The Labute approximate surface area is 122 Å². The number of aromatic nitrogens is 2. The third-order valence-corrected chi connectivity index (χ3v) is 2.97.